The summed E-state index contributed by atoms with van der Waals surface area (Å²) in [5, 5.41) is 76.9. The van der Waals surface area contributed by atoms with Crippen LogP contribution in [-0.4, -0.2) is 124 Å². The molecule has 2 aliphatic heterocycles. The molecule has 19 atom stereocenters. The van der Waals surface area contributed by atoms with Crippen molar-refractivity contribution in [2.24, 2.45) is 50.2 Å². The average molecular weight is 835 g/mol. The standard InChI is InChI=1S/C43H64O16/c1-38(2)22-9-12-43(7)32(21(44)17-19-20-18-40(4,37(54)55-8)14-13-39(20,3)15-16-42(19,43)6)41(22,5)11-10-23(38)56-36-31(27(48)26(47)30(58-36)34(52)53)59-35-28(49)24(45)25(46)29(57-35)33(50)51/h17,20,22-32,35-36,45-49H,9-16,18H2,1-8H3,(H,50,51)(H,52,53)/p-2/t20-,22-,23-,24-,25-,26-,27-,28+,29-,30-,31+,32+,35-,36-,39+,40-,41-,42+,43+/m0/s1. The van der Waals surface area contributed by atoms with E-state index < -0.39 is 101 Å². The Morgan fingerprint density at radius 1 is 0.729 bits per heavy atom. The highest BCUT2D eigenvalue weighted by Gasteiger charge is 2.71. The number of carbonyl (C=O) groups excluding carboxylic acids is 4. The second kappa shape index (κ2) is 14.8. The quantitative estimate of drug-likeness (QED) is 0.162. The molecule has 7 rings (SSSR count). The van der Waals surface area contributed by atoms with Crippen LogP contribution in [0.2, 0.25) is 0 Å². The number of rotatable bonds is 7. The number of carbonyl (C=O) groups is 4. The van der Waals surface area contributed by atoms with Crippen LogP contribution < -0.4 is 10.2 Å². The molecule has 7 aliphatic rings. The van der Waals surface area contributed by atoms with Gasteiger partial charge >= 0.3 is 5.97 Å². The van der Waals surface area contributed by atoms with Crippen LogP contribution >= 0.6 is 0 Å². The van der Waals surface area contributed by atoms with Crippen LogP contribution in [0.5, 0.6) is 0 Å². The van der Waals surface area contributed by atoms with Crippen LogP contribution in [0.3, 0.4) is 0 Å². The number of ether oxygens (including phenoxy) is 5. The summed E-state index contributed by atoms with van der Waals surface area (Å²) in [5.74, 6) is -4.29. The lowest BCUT2D eigenvalue weighted by Gasteiger charge is -2.70. The van der Waals surface area contributed by atoms with Crippen LogP contribution in [0, 0.1) is 50.2 Å². The number of allylic oxidation sites excluding steroid dienone is 2. The number of esters is 1. The molecule has 6 fully saturated rings. The molecular formula is C43H62O16-2. The van der Waals surface area contributed by atoms with Crippen molar-refractivity contribution in [2.75, 3.05) is 7.11 Å². The SMILES string of the molecule is COC(=O)[C@@]1(C)CC[C@]2(C)CC[C@]3(C)C(=CC(=O)[C@@H]4[C@@]5(C)CC[C@H](O[C@H]6O[C@H](C(=O)[O-])[C@@H](O)[C@H](O)[C@H]6O[C@@H]6O[C@H](C(=O)[O-])[C@@H](O)[C@H](O)[C@H]6O)C(C)(C)[C@@H]5CC[C@]43C)[C@@H]2C1. The summed E-state index contributed by atoms with van der Waals surface area (Å²) in [6.45, 7) is 15.1. The Labute approximate surface area is 344 Å². The van der Waals surface area contributed by atoms with Gasteiger partial charge < -0.3 is 69.0 Å². The van der Waals surface area contributed by atoms with E-state index in [1.165, 1.54) is 7.11 Å². The van der Waals surface area contributed by atoms with Gasteiger partial charge in [-0.25, -0.2) is 0 Å². The molecule has 0 unspecified atom stereocenters. The van der Waals surface area contributed by atoms with E-state index in [2.05, 4.69) is 27.7 Å². The maximum absolute atomic E-state index is 14.9. The van der Waals surface area contributed by atoms with Crippen molar-refractivity contribution in [3.8, 4) is 0 Å². The van der Waals surface area contributed by atoms with Gasteiger partial charge in [0.25, 0.3) is 0 Å². The van der Waals surface area contributed by atoms with Gasteiger partial charge in [-0.2, -0.15) is 0 Å². The molecule has 5 aliphatic carbocycles. The van der Waals surface area contributed by atoms with Crippen molar-refractivity contribution < 1.29 is 78.6 Å². The van der Waals surface area contributed by atoms with Gasteiger partial charge in [0.15, 0.2) is 18.4 Å². The number of hydrogen-bond donors (Lipinski definition) is 5. The largest absolute Gasteiger partial charge is 0.547 e. The first-order valence-corrected chi connectivity index (χ1v) is 21.1. The lowest BCUT2D eigenvalue weighted by molar-refractivity contribution is -0.391. The predicted octanol–water partition coefficient (Wildman–Crippen LogP) is -0.335. The first-order chi connectivity index (χ1) is 27.3. The number of aliphatic carboxylic acids is 2. The van der Waals surface area contributed by atoms with Gasteiger partial charge in [-0.1, -0.05) is 47.1 Å². The number of aliphatic hydroxyl groups is 5. The summed E-state index contributed by atoms with van der Waals surface area (Å²) >= 11 is 0. The van der Waals surface area contributed by atoms with Gasteiger partial charge in [0.2, 0.25) is 0 Å². The highest BCUT2D eigenvalue weighted by molar-refractivity contribution is 5.95. The summed E-state index contributed by atoms with van der Waals surface area (Å²) < 4.78 is 28.5. The second-order valence-corrected chi connectivity index (χ2v) is 20.8. The number of hydrogen-bond acceptors (Lipinski definition) is 16. The molecule has 59 heavy (non-hydrogen) atoms. The molecule has 5 N–H and O–H groups in total. The number of aliphatic hydroxyl groups excluding tert-OH is 5. The molecule has 4 saturated carbocycles. The van der Waals surface area contributed by atoms with Crippen molar-refractivity contribution in [1.29, 1.82) is 0 Å². The Morgan fingerprint density at radius 2 is 1.32 bits per heavy atom. The van der Waals surface area contributed by atoms with Gasteiger partial charge in [0.1, 0.15) is 48.8 Å². The zero-order chi connectivity index (χ0) is 43.6. The van der Waals surface area contributed by atoms with Crippen LogP contribution in [0.15, 0.2) is 11.6 Å². The normalized spacial score (nSPS) is 51.8. The van der Waals surface area contributed by atoms with Gasteiger partial charge in [-0.05, 0) is 110 Å². The fourth-order valence-electron chi connectivity index (χ4n) is 13.6. The summed E-state index contributed by atoms with van der Waals surface area (Å²) in [4.78, 5) is 51.8. The number of fused-ring (bicyclic) bond motifs is 7. The Kier molecular flexibility index (Phi) is 11.2. The third-order valence-corrected chi connectivity index (χ3v) is 17.4. The van der Waals surface area contributed by atoms with Crippen molar-refractivity contribution in [1.82, 2.24) is 0 Å². The molecule has 0 radical (unpaired) electrons. The maximum atomic E-state index is 14.9. The molecule has 16 heteroatoms. The monoisotopic (exact) mass is 834 g/mol. The summed E-state index contributed by atoms with van der Waals surface area (Å²) in [5.41, 5.74) is -1.44. The van der Waals surface area contributed by atoms with E-state index in [4.69, 9.17) is 23.7 Å². The van der Waals surface area contributed by atoms with Crippen molar-refractivity contribution in [2.45, 2.75) is 174 Å². The molecule has 0 aromatic heterocycles. The van der Waals surface area contributed by atoms with Crippen LogP contribution in [0.25, 0.3) is 0 Å². The third kappa shape index (κ3) is 6.56. The van der Waals surface area contributed by atoms with Gasteiger partial charge in [-0.15, -0.1) is 0 Å². The summed E-state index contributed by atoms with van der Waals surface area (Å²) in [6, 6.07) is 0. The number of carboxylic acid groups (broad SMARTS) is 2. The molecular weight excluding hydrogens is 772 g/mol. The number of ketones is 1. The lowest BCUT2D eigenvalue weighted by Crippen LogP contribution is -2.68. The minimum atomic E-state index is -2.15. The molecule has 2 heterocycles. The minimum absolute atomic E-state index is 0.0413. The Morgan fingerprint density at radius 3 is 1.93 bits per heavy atom. The fourth-order valence-corrected chi connectivity index (χ4v) is 13.6. The lowest BCUT2D eigenvalue weighted by atomic mass is 9.33. The van der Waals surface area contributed by atoms with E-state index in [1.54, 1.807) is 0 Å². The van der Waals surface area contributed by atoms with E-state index in [0.29, 0.717) is 19.3 Å². The van der Waals surface area contributed by atoms with E-state index in [1.807, 2.05) is 26.8 Å². The van der Waals surface area contributed by atoms with Crippen LogP contribution in [0.4, 0.5) is 0 Å². The molecule has 0 bridgehead atoms. The molecule has 0 aromatic carbocycles. The predicted molar refractivity (Wildman–Crippen MR) is 199 cm³/mol. The average Bonchev–Trinajstić information content (AvgIpc) is 3.16. The highest BCUT2D eigenvalue weighted by atomic mass is 16.8. The van der Waals surface area contributed by atoms with Crippen molar-refractivity contribution in [3.05, 3.63) is 11.6 Å². The number of methoxy groups -OCH3 is 1. The molecule has 16 nitrogen and oxygen atoms in total. The first kappa shape index (κ1) is 44.5. The zero-order valence-electron chi connectivity index (χ0n) is 35.3. The Bertz CT molecular complexity index is 1750. The smallest absolute Gasteiger partial charge is 0.311 e. The fraction of sp³-hybridized carbons (Fsp3) is 0.860. The van der Waals surface area contributed by atoms with E-state index >= 15 is 0 Å². The first-order valence-electron chi connectivity index (χ1n) is 21.1. The van der Waals surface area contributed by atoms with Crippen LogP contribution in [0.1, 0.15) is 106 Å². The molecule has 0 aromatic rings. The summed E-state index contributed by atoms with van der Waals surface area (Å²) in [6.07, 6.45) is -12.4. The maximum Gasteiger partial charge on any atom is 0.311 e. The zero-order valence-corrected chi connectivity index (χ0v) is 35.3. The Balaban J connectivity index is 1.17. The molecule has 0 amide bonds. The number of carboxylic acids is 2. The van der Waals surface area contributed by atoms with Crippen molar-refractivity contribution >= 4 is 23.7 Å². The molecule has 0 spiro atoms. The van der Waals surface area contributed by atoms with Gasteiger partial charge in [0, 0.05) is 5.92 Å². The highest BCUT2D eigenvalue weighted by Crippen LogP contribution is 2.75. The van der Waals surface area contributed by atoms with Gasteiger partial charge in [-0.3, -0.25) is 9.59 Å². The van der Waals surface area contributed by atoms with Crippen LogP contribution in [-0.2, 0) is 42.9 Å². The third-order valence-electron chi connectivity index (χ3n) is 17.4. The molecule has 332 valence electrons. The second-order valence-electron chi connectivity index (χ2n) is 20.8. The van der Waals surface area contributed by atoms with Gasteiger partial charge in [0.05, 0.1) is 30.6 Å². The van der Waals surface area contributed by atoms with E-state index in [-0.39, 0.29) is 40.3 Å². The summed E-state index contributed by atoms with van der Waals surface area (Å²) in [7, 11) is 1.43. The van der Waals surface area contributed by atoms with Crippen molar-refractivity contribution in [3.63, 3.8) is 0 Å². The topological polar surface area (TPSA) is 262 Å². The van der Waals surface area contributed by atoms with E-state index in [9.17, 15) is 54.9 Å². The minimum Gasteiger partial charge on any atom is -0.547 e. The van der Waals surface area contributed by atoms with E-state index in [0.717, 1.165) is 44.1 Å². The molecule has 2 saturated heterocycles. The Hall–Kier alpha value is -2.54.